The van der Waals surface area contributed by atoms with E-state index >= 15 is 0 Å². The lowest BCUT2D eigenvalue weighted by Crippen LogP contribution is -2.19. The van der Waals surface area contributed by atoms with Crippen LogP contribution in [-0.4, -0.2) is 37.4 Å². The number of aromatic nitrogens is 5. The number of ether oxygens (including phenoxy) is 1. The van der Waals surface area contributed by atoms with Gasteiger partial charge in [0.2, 0.25) is 0 Å². The number of hydrogen-bond acceptors (Lipinski definition) is 5. The van der Waals surface area contributed by atoms with Gasteiger partial charge < -0.3 is 15.0 Å². The summed E-state index contributed by atoms with van der Waals surface area (Å²) in [6, 6.07) is 2.40. The minimum atomic E-state index is 0.394. The summed E-state index contributed by atoms with van der Waals surface area (Å²) in [5.74, 6) is 0.454. The zero-order chi connectivity index (χ0) is 15.1. The molecule has 0 spiro atoms. The third-order valence-corrected chi connectivity index (χ3v) is 4.63. The summed E-state index contributed by atoms with van der Waals surface area (Å²) in [5, 5.41) is 4.24. The van der Waals surface area contributed by atoms with Crippen LogP contribution in [0.25, 0.3) is 16.8 Å². The summed E-state index contributed by atoms with van der Waals surface area (Å²) in [6.07, 6.45) is 7.17. The number of imidazole rings is 1. The third kappa shape index (κ3) is 2.10. The van der Waals surface area contributed by atoms with E-state index in [0.717, 1.165) is 47.4 Å². The molecule has 4 heterocycles. The predicted octanol–water partition coefficient (Wildman–Crippen LogP) is 2.29. The molecule has 8 heteroatoms. The summed E-state index contributed by atoms with van der Waals surface area (Å²) >= 11 is 3.53. The number of nitrogens with two attached hydrogens (primary N) is 1. The maximum atomic E-state index is 6.06. The van der Waals surface area contributed by atoms with Crippen molar-refractivity contribution < 1.29 is 4.74 Å². The van der Waals surface area contributed by atoms with Gasteiger partial charge in [0.1, 0.15) is 16.4 Å². The monoisotopic (exact) mass is 362 g/mol. The van der Waals surface area contributed by atoms with Crippen LogP contribution in [0.3, 0.4) is 0 Å². The van der Waals surface area contributed by atoms with E-state index in [4.69, 9.17) is 10.5 Å². The third-order valence-electron chi connectivity index (χ3n) is 4.07. The van der Waals surface area contributed by atoms with Gasteiger partial charge in [0.25, 0.3) is 0 Å². The van der Waals surface area contributed by atoms with Crippen LogP contribution in [0.15, 0.2) is 29.5 Å². The SMILES string of the molecule is Nc1ncnn2c(Br)cc(-c3cncn3C3CCOCC3)c12. The van der Waals surface area contributed by atoms with E-state index in [0.29, 0.717) is 11.9 Å². The molecule has 0 aliphatic carbocycles. The summed E-state index contributed by atoms with van der Waals surface area (Å²) < 4.78 is 10.2. The number of fused-ring (bicyclic) bond motifs is 1. The first-order valence-corrected chi connectivity index (χ1v) is 7.92. The molecule has 0 aromatic carbocycles. The Morgan fingerprint density at radius 2 is 2.14 bits per heavy atom. The van der Waals surface area contributed by atoms with Gasteiger partial charge in [-0.3, -0.25) is 0 Å². The van der Waals surface area contributed by atoms with Gasteiger partial charge in [-0.15, -0.1) is 0 Å². The van der Waals surface area contributed by atoms with Gasteiger partial charge in [0.15, 0.2) is 5.82 Å². The number of nitrogens with zero attached hydrogens (tertiary/aromatic N) is 5. The largest absolute Gasteiger partial charge is 0.382 e. The van der Waals surface area contributed by atoms with Gasteiger partial charge in [-0.2, -0.15) is 5.10 Å². The van der Waals surface area contributed by atoms with Gasteiger partial charge in [0.05, 0.1) is 18.2 Å². The van der Waals surface area contributed by atoms with Gasteiger partial charge in [0, 0.05) is 24.8 Å². The minimum absolute atomic E-state index is 0.394. The van der Waals surface area contributed by atoms with Crippen molar-refractivity contribution >= 4 is 27.3 Å². The fraction of sp³-hybridized carbons (Fsp3) is 0.357. The molecule has 0 radical (unpaired) electrons. The molecule has 0 saturated carbocycles. The first kappa shape index (κ1) is 13.7. The molecule has 0 bridgehead atoms. The van der Waals surface area contributed by atoms with E-state index < -0.39 is 0 Å². The van der Waals surface area contributed by atoms with Crippen molar-refractivity contribution in [1.82, 2.24) is 24.1 Å². The van der Waals surface area contributed by atoms with Crippen molar-refractivity contribution in [3.8, 4) is 11.3 Å². The highest BCUT2D eigenvalue weighted by Crippen LogP contribution is 2.35. The fourth-order valence-corrected chi connectivity index (χ4v) is 3.49. The van der Waals surface area contributed by atoms with Gasteiger partial charge in [-0.05, 0) is 34.8 Å². The standard InChI is InChI=1S/C14H15BrN6O/c15-12-5-10(13-14(16)18-7-19-21(12)13)11-6-17-8-20(11)9-1-3-22-4-2-9/h5-9H,1-4H2,(H2,16,18,19). The Balaban J connectivity index is 1.88. The van der Waals surface area contributed by atoms with E-state index in [1.54, 1.807) is 4.52 Å². The molecule has 0 amide bonds. The lowest BCUT2D eigenvalue weighted by atomic mass is 10.1. The zero-order valence-electron chi connectivity index (χ0n) is 11.8. The summed E-state index contributed by atoms with van der Waals surface area (Å²) in [5.41, 5.74) is 8.86. The van der Waals surface area contributed by atoms with Crippen LogP contribution < -0.4 is 5.73 Å². The number of anilines is 1. The molecular weight excluding hydrogens is 348 g/mol. The second-order valence-electron chi connectivity index (χ2n) is 5.32. The van der Waals surface area contributed by atoms with Crippen molar-refractivity contribution in [1.29, 1.82) is 0 Å². The Hall–Kier alpha value is -1.93. The van der Waals surface area contributed by atoms with Crippen molar-refractivity contribution in [3.05, 3.63) is 29.5 Å². The summed E-state index contributed by atoms with van der Waals surface area (Å²) in [6.45, 7) is 1.57. The normalized spacial score (nSPS) is 16.4. The topological polar surface area (TPSA) is 83.3 Å². The maximum Gasteiger partial charge on any atom is 0.152 e. The lowest BCUT2D eigenvalue weighted by Gasteiger charge is -2.25. The Bertz CT molecular complexity index is 820. The molecule has 3 aromatic rings. The van der Waals surface area contributed by atoms with Crippen LogP contribution in [0.1, 0.15) is 18.9 Å². The molecule has 114 valence electrons. The molecule has 1 aliphatic heterocycles. The predicted molar refractivity (Wildman–Crippen MR) is 85.4 cm³/mol. The average Bonchev–Trinajstić information content (AvgIpc) is 3.14. The van der Waals surface area contributed by atoms with Crippen molar-refractivity contribution in [2.75, 3.05) is 18.9 Å². The van der Waals surface area contributed by atoms with E-state index in [1.807, 2.05) is 18.6 Å². The van der Waals surface area contributed by atoms with E-state index in [1.165, 1.54) is 6.33 Å². The first-order chi connectivity index (χ1) is 10.8. The number of hydrogen-bond donors (Lipinski definition) is 1. The molecule has 0 atom stereocenters. The molecule has 3 aromatic heterocycles. The minimum Gasteiger partial charge on any atom is -0.382 e. The lowest BCUT2D eigenvalue weighted by molar-refractivity contribution is 0.0699. The Labute approximate surface area is 135 Å². The number of halogens is 1. The van der Waals surface area contributed by atoms with Crippen LogP contribution >= 0.6 is 15.9 Å². The average molecular weight is 363 g/mol. The van der Waals surface area contributed by atoms with E-state index in [2.05, 4.69) is 35.6 Å². The summed E-state index contributed by atoms with van der Waals surface area (Å²) in [4.78, 5) is 8.44. The molecule has 4 rings (SSSR count). The van der Waals surface area contributed by atoms with Crippen LogP contribution in [0, 0.1) is 0 Å². The molecule has 1 fully saturated rings. The molecule has 7 nitrogen and oxygen atoms in total. The molecule has 1 aliphatic rings. The Kier molecular flexibility index (Phi) is 3.34. The van der Waals surface area contributed by atoms with Crippen LogP contribution in [0.2, 0.25) is 0 Å². The van der Waals surface area contributed by atoms with Gasteiger partial charge in [-0.1, -0.05) is 0 Å². The van der Waals surface area contributed by atoms with Crippen LogP contribution in [-0.2, 0) is 4.74 Å². The van der Waals surface area contributed by atoms with Crippen LogP contribution in [0.4, 0.5) is 5.82 Å². The maximum absolute atomic E-state index is 6.06. The molecule has 0 unspecified atom stereocenters. The second kappa shape index (κ2) is 5.36. The fourth-order valence-electron chi connectivity index (χ4n) is 2.99. The van der Waals surface area contributed by atoms with Crippen molar-refractivity contribution in [2.45, 2.75) is 18.9 Å². The van der Waals surface area contributed by atoms with Crippen molar-refractivity contribution in [3.63, 3.8) is 0 Å². The Morgan fingerprint density at radius 3 is 2.95 bits per heavy atom. The highest BCUT2D eigenvalue weighted by atomic mass is 79.9. The first-order valence-electron chi connectivity index (χ1n) is 7.13. The zero-order valence-corrected chi connectivity index (χ0v) is 13.4. The highest BCUT2D eigenvalue weighted by Gasteiger charge is 2.22. The quantitative estimate of drug-likeness (QED) is 0.755. The molecule has 22 heavy (non-hydrogen) atoms. The summed E-state index contributed by atoms with van der Waals surface area (Å²) in [7, 11) is 0. The molecular formula is C14H15BrN6O. The molecule has 2 N–H and O–H groups in total. The van der Waals surface area contributed by atoms with Gasteiger partial charge >= 0.3 is 0 Å². The second-order valence-corrected chi connectivity index (χ2v) is 6.13. The number of nitrogen functional groups attached to an aromatic ring is 1. The highest BCUT2D eigenvalue weighted by molar-refractivity contribution is 9.10. The van der Waals surface area contributed by atoms with E-state index in [-0.39, 0.29) is 0 Å². The number of rotatable bonds is 2. The Morgan fingerprint density at radius 1 is 1.32 bits per heavy atom. The smallest absolute Gasteiger partial charge is 0.152 e. The van der Waals surface area contributed by atoms with Gasteiger partial charge in [-0.25, -0.2) is 14.5 Å². The van der Waals surface area contributed by atoms with E-state index in [9.17, 15) is 0 Å². The van der Waals surface area contributed by atoms with Crippen LogP contribution in [0.5, 0.6) is 0 Å². The van der Waals surface area contributed by atoms with Crippen molar-refractivity contribution in [2.24, 2.45) is 0 Å². The molecule has 1 saturated heterocycles.